The van der Waals surface area contributed by atoms with Crippen molar-refractivity contribution in [2.75, 3.05) is 32.2 Å². The predicted octanol–water partition coefficient (Wildman–Crippen LogP) is 3.49. The average molecular weight is 520 g/mol. The summed E-state index contributed by atoms with van der Waals surface area (Å²) in [4.78, 5) is 16.8. The first kappa shape index (κ1) is 24.7. The third-order valence-corrected chi connectivity index (χ3v) is 6.49. The second-order valence-electron chi connectivity index (χ2n) is 9.02. The van der Waals surface area contributed by atoms with Crippen molar-refractivity contribution in [3.05, 3.63) is 30.2 Å². The van der Waals surface area contributed by atoms with Crippen LogP contribution in [0.15, 0.2) is 24.4 Å². The molecule has 3 aromatic heterocycles. The number of carbonyl (C=O) groups is 1. The van der Waals surface area contributed by atoms with E-state index in [4.69, 9.17) is 4.74 Å². The van der Waals surface area contributed by atoms with Gasteiger partial charge in [0.25, 0.3) is 5.92 Å². The van der Waals surface area contributed by atoms with E-state index in [2.05, 4.69) is 25.7 Å². The van der Waals surface area contributed by atoms with Crippen molar-refractivity contribution < 1.29 is 27.1 Å². The second kappa shape index (κ2) is 9.16. The number of aromatic nitrogens is 6. The van der Waals surface area contributed by atoms with Gasteiger partial charge in [0.2, 0.25) is 17.7 Å². The van der Waals surface area contributed by atoms with Crippen molar-refractivity contribution in [1.29, 1.82) is 0 Å². The number of piperidine rings is 1. The monoisotopic (exact) mass is 520 g/mol. The molecular formula is C23H24F4N8O2. The van der Waals surface area contributed by atoms with E-state index in [0.717, 1.165) is 11.1 Å². The molecule has 1 saturated heterocycles. The smallest absolute Gasteiger partial charge is 0.285 e. The Morgan fingerprint density at radius 2 is 2.14 bits per heavy atom. The molecule has 4 heterocycles. The predicted molar refractivity (Wildman–Crippen MR) is 126 cm³/mol. The van der Waals surface area contributed by atoms with Gasteiger partial charge in [0.1, 0.15) is 17.7 Å². The van der Waals surface area contributed by atoms with E-state index in [1.807, 2.05) is 0 Å². The minimum atomic E-state index is -3.23. The number of alkyl halides is 3. The number of carbonyl (C=O) groups excluding carboxylic acids is 1. The summed E-state index contributed by atoms with van der Waals surface area (Å²) in [6, 6.07) is 3.01. The van der Waals surface area contributed by atoms with Gasteiger partial charge in [-0.05, 0) is 31.0 Å². The molecule has 0 radical (unpaired) electrons. The van der Waals surface area contributed by atoms with Gasteiger partial charge >= 0.3 is 0 Å². The highest BCUT2D eigenvalue weighted by atomic mass is 19.3. The molecule has 1 aromatic carbocycles. The number of hydrogen-bond acceptors (Lipinski definition) is 7. The first-order valence-corrected chi connectivity index (χ1v) is 11.6. The lowest BCUT2D eigenvalue weighted by Crippen LogP contribution is -2.55. The van der Waals surface area contributed by atoms with E-state index in [1.54, 1.807) is 25.1 Å². The number of methoxy groups -OCH3 is 1. The lowest BCUT2D eigenvalue weighted by atomic mass is 10.0. The third-order valence-electron chi connectivity index (χ3n) is 6.49. The molecule has 0 bridgehead atoms. The van der Waals surface area contributed by atoms with E-state index in [1.165, 1.54) is 23.2 Å². The Morgan fingerprint density at radius 1 is 1.35 bits per heavy atom. The number of ether oxygens (including phenoxy) is 1. The van der Waals surface area contributed by atoms with Gasteiger partial charge in [0.15, 0.2) is 5.82 Å². The minimum Gasteiger partial charge on any atom is -0.479 e. The number of benzene rings is 1. The van der Waals surface area contributed by atoms with Gasteiger partial charge in [-0.15, -0.1) is 10.2 Å². The van der Waals surface area contributed by atoms with Gasteiger partial charge in [-0.25, -0.2) is 26.8 Å². The highest BCUT2D eigenvalue weighted by Crippen LogP contribution is 2.36. The topological polar surface area (TPSA) is 102 Å². The molecule has 1 amide bonds. The molecule has 10 nitrogen and oxygen atoms in total. The Balaban J connectivity index is 1.54. The summed E-state index contributed by atoms with van der Waals surface area (Å²) in [7, 11) is 1.33. The highest BCUT2D eigenvalue weighted by molar-refractivity contribution is 5.89. The number of amides is 1. The van der Waals surface area contributed by atoms with Crippen molar-refractivity contribution in [2.45, 2.75) is 38.3 Å². The number of halogens is 4. The molecular weight excluding hydrogens is 496 g/mol. The lowest BCUT2D eigenvalue weighted by Gasteiger charge is -2.38. The number of likely N-dealkylation sites (tertiary alicyclic amines) is 1. The van der Waals surface area contributed by atoms with Crippen LogP contribution in [-0.2, 0) is 4.79 Å². The Labute approximate surface area is 208 Å². The molecule has 0 spiro atoms. The Morgan fingerprint density at radius 3 is 2.81 bits per heavy atom. The van der Waals surface area contributed by atoms with Gasteiger partial charge in [-0.1, -0.05) is 11.3 Å². The number of hydrogen-bond donors (Lipinski definition) is 1. The van der Waals surface area contributed by atoms with Crippen molar-refractivity contribution in [1.82, 2.24) is 34.5 Å². The molecule has 0 saturated carbocycles. The number of rotatable bonds is 6. The van der Waals surface area contributed by atoms with Crippen LogP contribution < -0.4 is 10.1 Å². The minimum absolute atomic E-state index is 0.0272. The SMILES string of the molecule is COc1nc(N[C@@H]2CCN(C(C)=O)CC2(F)F)nn2cc(F)c(-c3ccc4nnn([C@H](C)CF)c4c3)c12. The largest absolute Gasteiger partial charge is 0.479 e. The number of anilines is 1. The van der Waals surface area contributed by atoms with Crippen LogP contribution >= 0.6 is 0 Å². The quantitative estimate of drug-likeness (QED) is 0.389. The van der Waals surface area contributed by atoms with Crippen molar-refractivity contribution >= 4 is 28.4 Å². The Hall–Kier alpha value is -3.97. The molecule has 5 rings (SSSR count). The number of nitrogens with zero attached hydrogens (tertiary/aromatic N) is 7. The molecule has 1 aliphatic heterocycles. The molecule has 2 atom stereocenters. The van der Waals surface area contributed by atoms with Gasteiger partial charge in [0, 0.05) is 13.5 Å². The zero-order chi connectivity index (χ0) is 26.5. The van der Waals surface area contributed by atoms with E-state index in [-0.39, 0.29) is 35.9 Å². The molecule has 0 aliphatic carbocycles. The fraction of sp³-hybridized carbons (Fsp3) is 0.435. The van der Waals surface area contributed by atoms with Crippen LogP contribution in [0, 0.1) is 5.82 Å². The number of nitrogens with one attached hydrogen (secondary N) is 1. The summed E-state index contributed by atoms with van der Waals surface area (Å²) in [5, 5.41) is 14.8. The van der Waals surface area contributed by atoms with Crippen LogP contribution in [0.25, 0.3) is 27.7 Å². The van der Waals surface area contributed by atoms with Crippen LogP contribution in [0.2, 0.25) is 0 Å². The molecule has 4 aromatic rings. The summed E-state index contributed by atoms with van der Waals surface area (Å²) in [6.45, 7) is 1.66. The zero-order valence-electron chi connectivity index (χ0n) is 20.3. The van der Waals surface area contributed by atoms with Crippen molar-refractivity contribution in [3.8, 4) is 17.0 Å². The summed E-state index contributed by atoms with van der Waals surface area (Å²) >= 11 is 0. The standard InChI is InChI=1S/C23H24F4N8O2/c1-12(9-24)35-17-8-14(4-5-16(17)30-32-35)19-15(25)10-34-20(19)21(37-3)29-22(31-34)28-18-6-7-33(13(2)36)11-23(18,26)27/h4-5,8,10,12,18H,6-7,9,11H2,1-3H3,(H,28,31)/t12-,18-/m1/s1. The van der Waals surface area contributed by atoms with Crippen molar-refractivity contribution in [3.63, 3.8) is 0 Å². The van der Waals surface area contributed by atoms with E-state index < -0.39 is 42.9 Å². The maximum Gasteiger partial charge on any atom is 0.285 e. The maximum absolute atomic E-state index is 15.3. The molecule has 0 unspecified atom stereocenters. The molecule has 196 valence electrons. The summed E-state index contributed by atoms with van der Waals surface area (Å²) in [5.74, 6) is -4.53. The van der Waals surface area contributed by atoms with Gasteiger partial charge < -0.3 is 15.0 Å². The zero-order valence-corrected chi connectivity index (χ0v) is 20.3. The fourth-order valence-corrected chi connectivity index (χ4v) is 4.52. The first-order chi connectivity index (χ1) is 17.6. The van der Waals surface area contributed by atoms with E-state index in [9.17, 15) is 18.0 Å². The van der Waals surface area contributed by atoms with Crippen LogP contribution in [-0.4, -0.2) is 79.2 Å². The Bertz CT molecular complexity index is 1490. The van der Waals surface area contributed by atoms with Crippen LogP contribution in [0.3, 0.4) is 0 Å². The fourth-order valence-electron chi connectivity index (χ4n) is 4.52. The van der Waals surface area contributed by atoms with Crippen LogP contribution in [0.5, 0.6) is 5.88 Å². The van der Waals surface area contributed by atoms with Crippen LogP contribution in [0.1, 0.15) is 26.3 Å². The first-order valence-electron chi connectivity index (χ1n) is 11.6. The summed E-state index contributed by atoms with van der Waals surface area (Å²) in [6.07, 6.45) is 1.07. The van der Waals surface area contributed by atoms with E-state index in [0.29, 0.717) is 16.6 Å². The van der Waals surface area contributed by atoms with E-state index >= 15 is 4.39 Å². The van der Waals surface area contributed by atoms with Gasteiger partial charge in [0.05, 0.1) is 43.0 Å². The molecule has 1 aliphatic rings. The summed E-state index contributed by atoms with van der Waals surface area (Å²) < 4.78 is 66.0. The van der Waals surface area contributed by atoms with Gasteiger partial charge in [-0.3, -0.25) is 4.79 Å². The van der Waals surface area contributed by atoms with Gasteiger partial charge in [-0.2, -0.15) is 4.98 Å². The molecule has 1 N–H and O–H groups in total. The summed E-state index contributed by atoms with van der Waals surface area (Å²) in [5.41, 5.74) is 1.75. The third kappa shape index (κ3) is 4.29. The second-order valence-corrected chi connectivity index (χ2v) is 9.02. The number of fused-ring (bicyclic) bond motifs is 2. The molecule has 37 heavy (non-hydrogen) atoms. The highest BCUT2D eigenvalue weighted by Gasteiger charge is 2.46. The van der Waals surface area contributed by atoms with Crippen molar-refractivity contribution in [2.24, 2.45) is 0 Å². The normalized spacial score (nSPS) is 18.4. The van der Waals surface area contributed by atoms with Crippen LogP contribution in [0.4, 0.5) is 23.5 Å². The molecule has 1 fully saturated rings. The average Bonchev–Trinajstić information content (AvgIpc) is 3.43. The Kier molecular flexibility index (Phi) is 6.12. The maximum atomic E-state index is 15.3. The lowest BCUT2D eigenvalue weighted by molar-refractivity contribution is -0.140. The molecule has 14 heteroatoms.